The van der Waals surface area contributed by atoms with Crippen molar-refractivity contribution in [3.8, 4) is 5.75 Å². The molecule has 0 radical (unpaired) electrons. The minimum absolute atomic E-state index is 0.314. The van der Waals surface area contributed by atoms with E-state index in [0.29, 0.717) is 6.61 Å². The predicted molar refractivity (Wildman–Crippen MR) is 106 cm³/mol. The lowest BCUT2D eigenvalue weighted by Gasteiger charge is -2.43. The number of benzene rings is 1. The first kappa shape index (κ1) is 20.0. The quantitative estimate of drug-likeness (QED) is 0.720. The van der Waals surface area contributed by atoms with Gasteiger partial charge in [-0.2, -0.15) is 0 Å². The maximum absolute atomic E-state index is 11.8. The van der Waals surface area contributed by atoms with Crippen molar-refractivity contribution in [2.24, 2.45) is 5.92 Å². The van der Waals surface area contributed by atoms with Gasteiger partial charge in [-0.3, -0.25) is 4.79 Å². The summed E-state index contributed by atoms with van der Waals surface area (Å²) in [6, 6.07) is 5.98. The van der Waals surface area contributed by atoms with Crippen molar-refractivity contribution in [1.29, 1.82) is 0 Å². The molecule has 5 heteroatoms. The Balaban J connectivity index is 1.81. The highest BCUT2D eigenvalue weighted by Crippen LogP contribution is 2.44. The number of hydrogen-bond donors (Lipinski definition) is 1. The van der Waals surface area contributed by atoms with Gasteiger partial charge in [-0.05, 0) is 44.4 Å². The Kier molecular flexibility index (Phi) is 6.30. The zero-order valence-electron chi connectivity index (χ0n) is 17.0. The largest absolute Gasteiger partial charge is 0.483 e. The number of fused-ring (bicyclic) bond motifs is 1. The van der Waals surface area contributed by atoms with E-state index in [4.69, 9.17) is 14.2 Å². The maximum atomic E-state index is 11.8. The van der Waals surface area contributed by atoms with Crippen LogP contribution in [0.3, 0.4) is 0 Å². The van der Waals surface area contributed by atoms with Crippen LogP contribution in [-0.2, 0) is 14.3 Å². The molecule has 1 aliphatic heterocycles. The van der Waals surface area contributed by atoms with Crippen molar-refractivity contribution in [3.63, 3.8) is 0 Å². The molecule has 0 bridgehead atoms. The number of esters is 1. The van der Waals surface area contributed by atoms with Crippen molar-refractivity contribution in [1.82, 2.24) is 0 Å². The second-order valence-electron chi connectivity index (χ2n) is 8.32. The van der Waals surface area contributed by atoms with E-state index < -0.39 is 11.7 Å². The second kappa shape index (κ2) is 8.51. The minimum atomic E-state index is -0.657. The Labute approximate surface area is 162 Å². The van der Waals surface area contributed by atoms with Gasteiger partial charge in [0, 0.05) is 31.8 Å². The minimum Gasteiger partial charge on any atom is -0.483 e. The van der Waals surface area contributed by atoms with Crippen molar-refractivity contribution >= 4 is 11.7 Å². The van der Waals surface area contributed by atoms with Crippen LogP contribution in [0.2, 0.25) is 0 Å². The molecule has 3 rings (SSSR count). The summed E-state index contributed by atoms with van der Waals surface area (Å²) in [5.74, 6) is 1.23. The normalized spacial score (nSPS) is 24.6. The summed E-state index contributed by atoms with van der Waals surface area (Å²) in [5, 5.41) is 3.16. The number of carbonyl (C=O) groups is 1. The number of hydrogen-bond acceptors (Lipinski definition) is 5. The van der Waals surface area contributed by atoms with Crippen LogP contribution in [-0.4, -0.2) is 31.3 Å². The van der Waals surface area contributed by atoms with Crippen LogP contribution in [0.25, 0.3) is 0 Å². The third kappa shape index (κ3) is 4.75. The Morgan fingerprint density at radius 3 is 2.67 bits per heavy atom. The lowest BCUT2D eigenvalue weighted by Crippen LogP contribution is -2.51. The molecule has 2 atom stereocenters. The first-order valence-electron chi connectivity index (χ1n) is 10.2. The summed E-state index contributed by atoms with van der Waals surface area (Å²) in [6.45, 7) is 6.02. The van der Waals surface area contributed by atoms with E-state index in [0.717, 1.165) is 29.3 Å². The molecule has 2 unspecified atom stereocenters. The number of anilines is 1. The van der Waals surface area contributed by atoms with Crippen LogP contribution in [0.15, 0.2) is 18.2 Å². The molecule has 5 nitrogen and oxygen atoms in total. The van der Waals surface area contributed by atoms with E-state index in [1.807, 2.05) is 39.1 Å². The fraction of sp³-hybridized carbons (Fsp3) is 0.682. The molecule has 0 saturated heterocycles. The highest BCUT2D eigenvalue weighted by Gasteiger charge is 2.47. The summed E-state index contributed by atoms with van der Waals surface area (Å²) in [7, 11) is 1.89. The summed E-state index contributed by atoms with van der Waals surface area (Å²) >= 11 is 0. The van der Waals surface area contributed by atoms with Gasteiger partial charge in [0.1, 0.15) is 17.5 Å². The van der Waals surface area contributed by atoms with Crippen LogP contribution < -0.4 is 10.1 Å². The molecule has 1 aliphatic carbocycles. The van der Waals surface area contributed by atoms with Crippen LogP contribution in [0.5, 0.6) is 5.75 Å². The van der Waals surface area contributed by atoms with Gasteiger partial charge in [-0.15, -0.1) is 0 Å². The van der Waals surface area contributed by atoms with Crippen LogP contribution >= 0.6 is 0 Å². The van der Waals surface area contributed by atoms with Crippen LogP contribution in [0.4, 0.5) is 5.69 Å². The van der Waals surface area contributed by atoms with Gasteiger partial charge >= 0.3 is 5.97 Å². The molecule has 1 fully saturated rings. The molecule has 27 heavy (non-hydrogen) atoms. The standard InChI is InChI=1S/C22H33NO4/c1-15(24)26-21-20(25-13-12-16-8-6-5-7-9-16)18-14-17(23-4)10-11-19(18)27-22(21,2)3/h10-11,14,16,20-21,23H,5-9,12-13H2,1-4H3. The molecule has 150 valence electrons. The third-order valence-corrected chi connectivity index (χ3v) is 5.78. The fourth-order valence-corrected chi connectivity index (χ4v) is 4.29. The third-order valence-electron chi connectivity index (χ3n) is 5.78. The molecule has 2 aliphatic rings. The first-order valence-corrected chi connectivity index (χ1v) is 10.2. The second-order valence-corrected chi connectivity index (χ2v) is 8.32. The van der Waals surface area contributed by atoms with E-state index >= 15 is 0 Å². The monoisotopic (exact) mass is 375 g/mol. The van der Waals surface area contributed by atoms with Gasteiger partial charge in [0.25, 0.3) is 0 Å². The number of carbonyl (C=O) groups excluding carboxylic acids is 1. The lowest BCUT2D eigenvalue weighted by molar-refractivity contribution is -0.182. The number of nitrogens with one attached hydrogen (secondary N) is 1. The Morgan fingerprint density at radius 2 is 2.00 bits per heavy atom. The average molecular weight is 376 g/mol. The van der Waals surface area contributed by atoms with E-state index in [1.54, 1.807) is 0 Å². The van der Waals surface area contributed by atoms with Crippen molar-refractivity contribution < 1.29 is 19.0 Å². The van der Waals surface area contributed by atoms with Crippen molar-refractivity contribution in [3.05, 3.63) is 23.8 Å². The van der Waals surface area contributed by atoms with Gasteiger partial charge in [0.05, 0.1) is 0 Å². The summed E-state index contributed by atoms with van der Waals surface area (Å²) in [5.41, 5.74) is 1.27. The summed E-state index contributed by atoms with van der Waals surface area (Å²) < 4.78 is 18.2. The average Bonchev–Trinajstić information content (AvgIpc) is 2.64. The molecule has 1 N–H and O–H groups in total. The van der Waals surface area contributed by atoms with E-state index in [9.17, 15) is 4.79 Å². The number of ether oxygens (including phenoxy) is 3. The van der Waals surface area contributed by atoms with E-state index in [-0.39, 0.29) is 12.1 Å². The molecule has 1 aromatic rings. The predicted octanol–water partition coefficient (Wildman–Crippen LogP) is 4.86. The fourth-order valence-electron chi connectivity index (χ4n) is 4.29. The molecule has 0 aromatic heterocycles. The lowest BCUT2D eigenvalue weighted by atomic mass is 9.86. The van der Waals surface area contributed by atoms with Gasteiger partial charge < -0.3 is 19.5 Å². The zero-order valence-corrected chi connectivity index (χ0v) is 17.0. The molecule has 1 aromatic carbocycles. The number of rotatable bonds is 6. The van der Waals surface area contributed by atoms with Gasteiger partial charge in [-0.25, -0.2) is 0 Å². The van der Waals surface area contributed by atoms with Crippen LogP contribution in [0.1, 0.15) is 71.0 Å². The Hall–Kier alpha value is -1.75. The first-order chi connectivity index (χ1) is 12.9. The maximum Gasteiger partial charge on any atom is 0.303 e. The van der Waals surface area contributed by atoms with Gasteiger partial charge in [-0.1, -0.05) is 32.1 Å². The summed E-state index contributed by atoms with van der Waals surface area (Å²) in [6.07, 6.45) is 6.88. The topological polar surface area (TPSA) is 56.8 Å². The summed E-state index contributed by atoms with van der Waals surface area (Å²) in [4.78, 5) is 11.8. The van der Waals surface area contributed by atoms with Gasteiger partial charge in [0.2, 0.25) is 0 Å². The SMILES string of the molecule is CNc1ccc2c(c1)C(OCCC1CCCCC1)C(OC(C)=O)C(C)(C)O2. The molecular weight excluding hydrogens is 342 g/mol. The van der Waals surface area contributed by atoms with Crippen molar-refractivity contribution in [2.75, 3.05) is 19.0 Å². The molecule has 1 saturated carbocycles. The Bertz CT molecular complexity index is 652. The Morgan fingerprint density at radius 1 is 1.26 bits per heavy atom. The van der Waals surface area contributed by atoms with Gasteiger partial charge in [0.15, 0.2) is 6.10 Å². The van der Waals surface area contributed by atoms with Crippen molar-refractivity contribution in [2.45, 2.75) is 77.1 Å². The zero-order chi connectivity index (χ0) is 19.4. The van der Waals surface area contributed by atoms with E-state index in [2.05, 4.69) is 5.32 Å². The highest BCUT2D eigenvalue weighted by molar-refractivity contribution is 5.66. The molecule has 0 spiro atoms. The smallest absolute Gasteiger partial charge is 0.303 e. The molecular formula is C22H33NO4. The molecule has 0 amide bonds. The van der Waals surface area contributed by atoms with Crippen LogP contribution in [0, 0.1) is 5.92 Å². The van der Waals surface area contributed by atoms with E-state index in [1.165, 1.54) is 39.0 Å². The molecule has 1 heterocycles. The highest BCUT2D eigenvalue weighted by atomic mass is 16.6.